The molecule has 0 bridgehead atoms. The van der Waals surface area contributed by atoms with Crippen LogP contribution in [0, 0.1) is 0 Å². The maximum Gasteiger partial charge on any atom is 0.335 e. The van der Waals surface area contributed by atoms with Crippen LogP contribution in [0.5, 0.6) is 0 Å². The highest BCUT2D eigenvalue weighted by Gasteiger charge is 2.09. The summed E-state index contributed by atoms with van der Waals surface area (Å²) in [5.41, 5.74) is 0.606. The first-order valence-corrected chi connectivity index (χ1v) is 3.33. The van der Waals surface area contributed by atoms with Crippen molar-refractivity contribution in [2.45, 2.75) is 13.8 Å². The zero-order valence-electron chi connectivity index (χ0n) is 6.66. The van der Waals surface area contributed by atoms with Crippen LogP contribution in [0.2, 0.25) is 0 Å². The third-order valence-electron chi connectivity index (χ3n) is 1.38. The van der Waals surface area contributed by atoms with Gasteiger partial charge in [0, 0.05) is 0 Å². The second-order valence-corrected chi connectivity index (χ2v) is 1.98. The van der Waals surface area contributed by atoms with Gasteiger partial charge in [0.15, 0.2) is 0 Å². The van der Waals surface area contributed by atoms with E-state index in [1.165, 1.54) is 6.08 Å². The molecule has 3 nitrogen and oxygen atoms in total. The lowest BCUT2D eigenvalue weighted by molar-refractivity contribution is -0.132. The highest BCUT2D eigenvalue weighted by molar-refractivity contribution is 5.91. The lowest BCUT2D eigenvalue weighted by Gasteiger charge is -2.02. The maximum atomic E-state index is 10.5. The number of carboxylic acid groups (broad SMARTS) is 1. The van der Waals surface area contributed by atoms with E-state index in [4.69, 9.17) is 10.2 Å². The predicted molar refractivity (Wildman–Crippen MR) is 42.2 cm³/mol. The third kappa shape index (κ3) is 2.55. The fourth-order valence-corrected chi connectivity index (χ4v) is 0.778. The first kappa shape index (κ1) is 9.91. The molecule has 3 heteroatoms. The van der Waals surface area contributed by atoms with Gasteiger partial charge in [0.2, 0.25) is 0 Å². The van der Waals surface area contributed by atoms with E-state index < -0.39 is 5.97 Å². The predicted octanol–water partition coefficient (Wildman–Crippen LogP) is 0.956. The van der Waals surface area contributed by atoms with E-state index in [0.717, 1.165) is 0 Å². The number of rotatable bonds is 3. The molecule has 0 aromatic heterocycles. The van der Waals surface area contributed by atoms with Crippen molar-refractivity contribution in [2.75, 3.05) is 6.61 Å². The van der Waals surface area contributed by atoms with Crippen molar-refractivity contribution in [2.24, 2.45) is 0 Å². The number of hydrogen-bond donors (Lipinski definition) is 2. The van der Waals surface area contributed by atoms with Crippen molar-refractivity contribution in [1.82, 2.24) is 0 Å². The summed E-state index contributed by atoms with van der Waals surface area (Å²) in [7, 11) is 0. The van der Waals surface area contributed by atoms with E-state index in [0.29, 0.717) is 5.57 Å². The van der Waals surface area contributed by atoms with Gasteiger partial charge in [-0.15, -0.1) is 0 Å². The van der Waals surface area contributed by atoms with E-state index in [1.54, 1.807) is 19.9 Å². The summed E-state index contributed by atoms with van der Waals surface area (Å²) in [5.74, 6) is -1.00. The molecule has 0 saturated heterocycles. The Labute approximate surface area is 65.7 Å². The summed E-state index contributed by atoms with van der Waals surface area (Å²) in [6, 6.07) is 0. The molecule has 0 aliphatic heterocycles. The van der Waals surface area contributed by atoms with Crippen LogP contribution in [0.4, 0.5) is 0 Å². The summed E-state index contributed by atoms with van der Waals surface area (Å²) >= 11 is 0. The van der Waals surface area contributed by atoms with Crippen LogP contribution in [0.15, 0.2) is 23.3 Å². The fourth-order valence-electron chi connectivity index (χ4n) is 0.778. The van der Waals surface area contributed by atoms with Crippen LogP contribution < -0.4 is 0 Å². The molecule has 0 rings (SSSR count). The smallest absolute Gasteiger partial charge is 0.335 e. The molecule has 0 saturated carbocycles. The summed E-state index contributed by atoms with van der Waals surface area (Å²) in [6.07, 6.45) is 3.05. The van der Waals surface area contributed by atoms with Gasteiger partial charge >= 0.3 is 5.97 Å². The van der Waals surface area contributed by atoms with Crippen molar-refractivity contribution in [1.29, 1.82) is 0 Å². The Hall–Kier alpha value is -1.09. The Morgan fingerprint density at radius 1 is 1.36 bits per heavy atom. The van der Waals surface area contributed by atoms with Crippen LogP contribution in [0.25, 0.3) is 0 Å². The van der Waals surface area contributed by atoms with E-state index in [-0.39, 0.29) is 12.2 Å². The van der Waals surface area contributed by atoms with Gasteiger partial charge in [-0.1, -0.05) is 12.2 Å². The minimum atomic E-state index is -1.00. The monoisotopic (exact) mass is 156 g/mol. The molecule has 0 amide bonds. The highest BCUT2D eigenvalue weighted by Crippen LogP contribution is 2.08. The lowest BCUT2D eigenvalue weighted by Crippen LogP contribution is -2.05. The average Bonchev–Trinajstić information content (AvgIpc) is 1.99. The summed E-state index contributed by atoms with van der Waals surface area (Å²) in [4.78, 5) is 10.5. The van der Waals surface area contributed by atoms with Gasteiger partial charge in [-0.3, -0.25) is 0 Å². The summed E-state index contributed by atoms with van der Waals surface area (Å²) in [6.45, 7) is 3.09. The van der Waals surface area contributed by atoms with Crippen molar-refractivity contribution in [3.05, 3.63) is 23.3 Å². The molecule has 2 N–H and O–H groups in total. The molecule has 0 spiro atoms. The van der Waals surface area contributed by atoms with Gasteiger partial charge < -0.3 is 10.2 Å². The number of aliphatic carboxylic acids is 1. The topological polar surface area (TPSA) is 57.5 Å². The Balaban J connectivity index is 4.65. The molecule has 0 fully saturated rings. The lowest BCUT2D eigenvalue weighted by atomic mass is 10.1. The van der Waals surface area contributed by atoms with Crippen molar-refractivity contribution in [3.63, 3.8) is 0 Å². The molecule has 11 heavy (non-hydrogen) atoms. The molecule has 0 heterocycles. The molecule has 0 aromatic carbocycles. The Kier molecular flexibility index (Phi) is 4.22. The number of aliphatic hydroxyl groups excluding tert-OH is 1. The van der Waals surface area contributed by atoms with Crippen LogP contribution >= 0.6 is 0 Å². The van der Waals surface area contributed by atoms with Gasteiger partial charge in [0.1, 0.15) is 0 Å². The Bertz CT molecular complexity index is 201. The molecule has 0 radical (unpaired) electrons. The van der Waals surface area contributed by atoms with Crippen molar-refractivity contribution >= 4 is 5.97 Å². The molecule has 62 valence electrons. The Morgan fingerprint density at radius 3 is 2.00 bits per heavy atom. The second-order valence-electron chi connectivity index (χ2n) is 1.98. The molecular formula is C8H12O3. The molecule has 0 aliphatic carbocycles. The van der Waals surface area contributed by atoms with Crippen molar-refractivity contribution in [3.8, 4) is 0 Å². The number of hydrogen-bond acceptors (Lipinski definition) is 2. The van der Waals surface area contributed by atoms with Gasteiger partial charge in [-0.05, 0) is 19.4 Å². The average molecular weight is 156 g/mol. The normalized spacial score (nSPS) is 13.4. The minimum absolute atomic E-state index is 0.162. The third-order valence-corrected chi connectivity index (χ3v) is 1.38. The largest absolute Gasteiger partial charge is 0.478 e. The van der Waals surface area contributed by atoms with Crippen LogP contribution in [-0.2, 0) is 4.79 Å². The van der Waals surface area contributed by atoms with Gasteiger partial charge in [0.05, 0.1) is 12.2 Å². The molecule has 0 aliphatic rings. The summed E-state index contributed by atoms with van der Waals surface area (Å²) in [5, 5.41) is 17.3. The molecule has 0 aromatic rings. The van der Waals surface area contributed by atoms with Crippen LogP contribution in [0.3, 0.4) is 0 Å². The Morgan fingerprint density at radius 2 is 1.91 bits per heavy atom. The maximum absolute atomic E-state index is 10.5. The second kappa shape index (κ2) is 4.68. The highest BCUT2D eigenvalue weighted by atomic mass is 16.4. The molecule has 0 atom stereocenters. The first-order valence-electron chi connectivity index (χ1n) is 3.33. The van der Waals surface area contributed by atoms with E-state index >= 15 is 0 Å². The van der Waals surface area contributed by atoms with Gasteiger partial charge in [0.25, 0.3) is 0 Å². The standard InChI is InChI=1S/C8H12O3/c1-3-6(5-9)7(4-2)8(10)11/h3-4,9H,5H2,1-2H3,(H,10,11). The van der Waals surface area contributed by atoms with E-state index in [1.807, 2.05) is 0 Å². The number of allylic oxidation sites excluding steroid dienone is 2. The molecular weight excluding hydrogens is 144 g/mol. The zero-order valence-corrected chi connectivity index (χ0v) is 6.66. The number of carbonyl (C=O) groups is 1. The van der Waals surface area contributed by atoms with Crippen LogP contribution in [-0.4, -0.2) is 22.8 Å². The van der Waals surface area contributed by atoms with Gasteiger partial charge in [-0.25, -0.2) is 4.79 Å². The summed E-state index contributed by atoms with van der Waals surface area (Å²) < 4.78 is 0. The SMILES string of the molecule is CC=C(CO)C(=CC)C(=O)O. The minimum Gasteiger partial charge on any atom is -0.478 e. The van der Waals surface area contributed by atoms with E-state index in [2.05, 4.69) is 0 Å². The van der Waals surface area contributed by atoms with E-state index in [9.17, 15) is 4.79 Å². The van der Waals surface area contributed by atoms with Crippen LogP contribution in [0.1, 0.15) is 13.8 Å². The molecule has 0 unspecified atom stereocenters. The number of carboxylic acids is 1. The quantitative estimate of drug-likeness (QED) is 0.472. The zero-order chi connectivity index (χ0) is 8.85. The van der Waals surface area contributed by atoms with Gasteiger partial charge in [-0.2, -0.15) is 0 Å². The first-order chi connectivity index (χ1) is 5.17. The van der Waals surface area contributed by atoms with Crippen molar-refractivity contribution < 1.29 is 15.0 Å². The fraction of sp³-hybridized carbons (Fsp3) is 0.375. The number of aliphatic hydroxyl groups is 1.